The summed E-state index contributed by atoms with van der Waals surface area (Å²) in [6.07, 6.45) is 3.73. The fourth-order valence-corrected chi connectivity index (χ4v) is 2.12. The van der Waals surface area contributed by atoms with E-state index in [2.05, 4.69) is 9.88 Å². The summed E-state index contributed by atoms with van der Waals surface area (Å²) >= 11 is 0. The lowest BCUT2D eigenvalue weighted by molar-refractivity contribution is 0.0601. The molecular formula is C12H19Cl2N3O2. The SMILES string of the molecule is COC(=O)c1cccnc1N1CCCC(N)C1.Cl.Cl. The molecule has 0 aliphatic carbocycles. The largest absolute Gasteiger partial charge is 0.465 e. The van der Waals surface area contributed by atoms with Gasteiger partial charge in [0.2, 0.25) is 0 Å². The first kappa shape index (κ1) is 18.0. The number of carbonyl (C=O) groups is 1. The maximum atomic E-state index is 11.6. The van der Waals surface area contributed by atoms with E-state index in [1.165, 1.54) is 7.11 Å². The van der Waals surface area contributed by atoms with Crippen LogP contribution in [0.25, 0.3) is 0 Å². The Hall–Kier alpha value is -1.04. The minimum Gasteiger partial charge on any atom is -0.465 e. The molecule has 0 spiro atoms. The third kappa shape index (κ3) is 4.23. The second-order valence-corrected chi connectivity index (χ2v) is 4.21. The van der Waals surface area contributed by atoms with Gasteiger partial charge in [-0.1, -0.05) is 0 Å². The van der Waals surface area contributed by atoms with Crippen molar-refractivity contribution in [2.75, 3.05) is 25.1 Å². The van der Waals surface area contributed by atoms with Gasteiger partial charge < -0.3 is 15.4 Å². The molecule has 1 aromatic rings. The van der Waals surface area contributed by atoms with E-state index in [4.69, 9.17) is 10.5 Å². The molecule has 1 aromatic heterocycles. The van der Waals surface area contributed by atoms with Crippen molar-refractivity contribution in [1.82, 2.24) is 4.98 Å². The van der Waals surface area contributed by atoms with Gasteiger partial charge in [-0.15, -0.1) is 24.8 Å². The Labute approximate surface area is 125 Å². The molecule has 108 valence electrons. The third-order valence-corrected chi connectivity index (χ3v) is 2.95. The molecule has 2 rings (SSSR count). The summed E-state index contributed by atoms with van der Waals surface area (Å²) in [4.78, 5) is 18.0. The minimum atomic E-state index is -0.354. The van der Waals surface area contributed by atoms with Crippen LogP contribution in [0.3, 0.4) is 0 Å². The van der Waals surface area contributed by atoms with Gasteiger partial charge in [-0.3, -0.25) is 0 Å². The molecule has 19 heavy (non-hydrogen) atoms. The number of pyridine rings is 1. The Bertz CT molecular complexity index is 418. The molecule has 1 unspecified atom stereocenters. The molecule has 1 saturated heterocycles. The second-order valence-electron chi connectivity index (χ2n) is 4.21. The lowest BCUT2D eigenvalue weighted by Crippen LogP contribution is -2.43. The topological polar surface area (TPSA) is 68.5 Å². The molecule has 1 aliphatic heterocycles. The predicted molar refractivity (Wildman–Crippen MR) is 79.5 cm³/mol. The third-order valence-electron chi connectivity index (χ3n) is 2.95. The average Bonchev–Trinajstić information content (AvgIpc) is 2.38. The number of aromatic nitrogens is 1. The predicted octanol–water partition coefficient (Wildman–Crippen LogP) is 1.64. The van der Waals surface area contributed by atoms with Crippen molar-refractivity contribution in [3.8, 4) is 0 Å². The Morgan fingerprint density at radius 3 is 2.89 bits per heavy atom. The van der Waals surface area contributed by atoms with Gasteiger partial charge in [0, 0.05) is 25.3 Å². The van der Waals surface area contributed by atoms with E-state index in [0.29, 0.717) is 11.4 Å². The van der Waals surface area contributed by atoms with Gasteiger partial charge in [-0.05, 0) is 25.0 Å². The monoisotopic (exact) mass is 307 g/mol. The number of carbonyl (C=O) groups excluding carboxylic acids is 1. The van der Waals surface area contributed by atoms with E-state index in [9.17, 15) is 4.79 Å². The summed E-state index contributed by atoms with van der Waals surface area (Å²) in [7, 11) is 1.38. The second kappa shape index (κ2) is 8.19. The van der Waals surface area contributed by atoms with Crippen LogP contribution >= 0.6 is 24.8 Å². The molecule has 1 fully saturated rings. The van der Waals surface area contributed by atoms with E-state index < -0.39 is 0 Å². The van der Waals surface area contributed by atoms with Gasteiger partial charge in [0.15, 0.2) is 0 Å². The maximum Gasteiger partial charge on any atom is 0.341 e. The fraction of sp³-hybridized carbons (Fsp3) is 0.500. The van der Waals surface area contributed by atoms with Gasteiger partial charge in [0.1, 0.15) is 11.4 Å². The van der Waals surface area contributed by atoms with Gasteiger partial charge in [0.05, 0.1) is 7.11 Å². The minimum absolute atomic E-state index is 0. The Morgan fingerprint density at radius 2 is 2.26 bits per heavy atom. The smallest absolute Gasteiger partial charge is 0.341 e. The quantitative estimate of drug-likeness (QED) is 0.841. The molecule has 0 bridgehead atoms. The Balaban J connectivity index is 0.00000162. The van der Waals surface area contributed by atoms with E-state index >= 15 is 0 Å². The molecule has 2 N–H and O–H groups in total. The van der Waals surface area contributed by atoms with Crippen LogP contribution in [0, 0.1) is 0 Å². The van der Waals surface area contributed by atoms with E-state index in [1.54, 1.807) is 18.3 Å². The van der Waals surface area contributed by atoms with Crippen LogP contribution in [-0.2, 0) is 4.74 Å². The zero-order chi connectivity index (χ0) is 12.3. The van der Waals surface area contributed by atoms with E-state index in [1.807, 2.05) is 0 Å². The Morgan fingerprint density at radius 1 is 1.53 bits per heavy atom. The highest BCUT2D eigenvalue weighted by Crippen LogP contribution is 2.21. The summed E-state index contributed by atoms with van der Waals surface area (Å²) in [5, 5.41) is 0. The normalized spacial score (nSPS) is 18.0. The zero-order valence-corrected chi connectivity index (χ0v) is 12.4. The first-order valence-corrected chi connectivity index (χ1v) is 5.76. The van der Waals surface area contributed by atoms with Crippen molar-refractivity contribution >= 4 is 36.6 Å². The summed E-state index contributed by atoms with van der Waals surface area (Å²) < 4.78 is 4.76. The zero-order valence-electron chi connectivity index (χ0n) is 10.7. The van der Waals surface area contributed by atoms with Crippen LogP contribution in [0.4, 0.5) is 5.82 Å². The van der Waals surface area contributed by atoms with Crippen molar-refractivity contribution in [3.05, 3.63) is 23.9 Å². The van der Waals surface area contributed by atoms with Crippen LogP contribution < -0.4 is 10.6 Å². The summed E-state index contributed by atoms with van der Waals surface area (Å²) in [6.45, 7) is 1.62. The number of hydrogen-bond donors (Lipinski definition) is 1. The maximum absolute atomic E-state index is 11.6. The molecular weight excluding hydrogens is 289 g/mol. The number of nitrogens with zero attached hydrogens (tertiary/aromatic N) is 2. The van der Waals surface area contributed by atoms with Crippen molar-refractivity contribution in [2.45, 2.75) is 18.9 Å². The lowest BCUT2D eigenvalue weighted by Gasteiger charge is -2.32. The van der Waals surface area contributed by atoms with Crippen LogP contribution in [0.5, 0.6) is 0 Å². The van der Waals surface area contributed by atoms with Gasteiger partial charge in [-0.2, -0.15) is 0 Å². The fourth-order valence-electron chi connectivity index (χ4n) is 2.12. The molecule has 7 heteroatoms. The number of halogens is 2. The van der Waals surface area contributed by atoms with Crippen molar-refractivity contribution in [1.29, 1.82) is 0 Å². The molecule has 1 atom stereocenters. The van der Waals surface area contributed by atoms with Gasteiger partial charge >= 0.3 is 5.97 Å². The first-order valence-electron chi connectivity index (χ1n) is 5.76. The molecule has 0 saturated carbocycles. The highest BCUT2D eigenvalue weighted by atomic mass is 35.5. The van der Waals surface area contributed by atoms with Crippen molar-refractivity contribution < 1.29 is 9.53 Å². The molecule has 0 radical (unpaired) electrons. The number of hydrogen-bond acceptors (Lipinski definition) is 5. The van der Waals surface area contributed by atoms with Gasteiger partial charge in [-0.25, -0.2) is 9.78 Å². The molecule has 0 aromatic carbocycles. The van der Waals surface area contributed by atoms with Crippen LogP contribution in [-0.4, -0.2) is 37.2 Å². The molecule has 2 heterocycles. The van der Waals surface area contributed by atoms with Crippen LogP contribution in [0.15, 0.2) is 18.3 Å². The van der Waals surface area contributed by atoms with Crippen LogP contribution in [0.1, 0.15) is 23.2 Å². The number of methoxy groups -OCH3 is 1. The summed E-state index contributed by atoms with van der Waals surface area (Å²) in [5.74, 6) is 0.321. The van der Waals surface area contributed by atoms with E-state index in [-0.39, 0.29) is 36.8 Å². The Kier molecular flexibility index (Phi) is 7.75. The molecule has 1 aliphatic rings. The number of rotatable bonds is 2. The van der Waals surface area contributed by atoms with Gasteiger partial charge in [0.25, 0.3) is 0 Å². The number of nitrogens with two attached hydrogens (primary N) is 1. The van der Waals surface area contributed by atoms with Crippen LogP contribution in [0.2, 0.25) is 0 Å². The van der Waals surface area contributed by atoms with Crippen molar-refractivity contribution in [2.24, 2.45) is 5.73 Å². The molecule has 5 nitrogen and oxygen atoms in total. The summed E-state index contributed by atoms with van der Waals surface area (Å²) in [6, 6.07) is 3.62. The number of esters is 1. The number of piperidine rings is 1. The highest BCUT2D eigenvalue weighted by Gasteiger charge is 2.22. The average molecular weight is 308 g/mol. The summed E-state index contributed by atoms with van der Waals surface area (Å²) in [5.41, 5.74) is 6.44. The molecule has 0 amide bonds. The number of anilines is 1. The van der Waals surface area contributed by atoms with E-state index in [0.717, 1.165) is 25.9 Å². The lowest BCUT2D eigenvalue weighted by atomic mass is 10.1. The number of ether oxygens (including phenoxy) is 1. The highest BCUT2D eigenvalue weighted by molar-refractivity contribution is 5.94. The standard InChI is InChI=1S/C12H17N3O2.2ClH/c1-17-12(16)10-5-2-6-14-11(10)15-7-3-4-9(13)8-15;;/h2,5-6,9H,3-4,7-8,13H2,1H3;2*1H. The first-order chi connectivity index (χ1) is 8.22. The van der Waals surface area contributed by atoms with Crippen molar-refractivity contribution in [3.63, 3.8) is 0 Å².